The number of nitro groups is 1. The number of esters is 2. The zero-order chi connectivity index (χ0) is 16.9. The lowest BCUT2D eigenvalue weighted by Crippen LogP contribution is -2.25. The number of carbonyl (C=O) groups excluding carboxylic acids is 2. The van der Waals surface area contributed by atoms with Gasteiger partial charge in [-0.25, -0.2) is 9.59 Å². The maximum Gasteiger partial charge on any atom is 0.346 e. The minimum Gasteiger partial charge on any atom is -0.493 e. The highest BCUT2D eigenvalue weighted by molar-refractivity contribution is 5.96. The fourth-order valence-corrected chi connectivity index (χ4v) is 1.62. The third-order valence-corrected chi connectivity index (χ3v) is 2.74. The molecule has 0 saturated heterocycles. The summed E-state index contributed by atoms with van der Waals surface area (Å²) in [5.41, 5.74) is -0.891. The number of nitro benzene ring substituents is 1. The summed E-state index contributed by atoms with van der Waals surface area (Å²) < 4.78 is 19.2. The van der Waals surface area contributed by atoms with Gasteiger partial charge in [-0.3, -0.25) is 10.1 Å². The molecule has 0 aliphatic carbocycles. The Bertz CT molecular complexity index is 598. The molecule has 1 atom stereocenters. The number of benzene rings is 1. The van der Waals surface area contributed by atoms with E-state index < -0.39 is 28.7 Å². The van der Waals surface area contributed by atoms with Crippen LogP contribution in [0.3, 0.4) is 0 Å². The lowest BCUT2D eigenvalue weighted by molar-refractivity contribution is -0.385. The smallest absolute Gasteiger partial charge is 0.346 e. The number of hydrogen-bond donors (Lipinski definition) is 0. The quantitative estimate of drug-likeness (QED) is 0.439. The van der Waals surface area contributed by atoms with Crippen LogP contribution in [-0.2, 0) is 14.3 Å². The number of methoxy groups -OCH3 is 3. The maximum absolute atomic E-state index is 12.0. The second-order valence-electron chi connectivity index (χ2n) is 4.05. The zero-order valence-electron chi connectivity index (χ0n) is 12.4. The molecule has 120 valence electrons. The fourth-order valence-electron chi connectivity index (χ4n) is 1.62. The van der Waals surface area contributed by atoms with Crippen molar-refractivity contribution in [1.29, 1.82) is 0 Å². The molecular weight excluding hydrogens is 298 g/mol. The molecule has 0 unspecified atom stereocenters. The SMILES string of the molecule is COC(=O)[C@H](C)OC(=O)c1cc(OC)c(OC)cc1[N+](=O)[O-]. The van der Waals surface area contributed by atoms with E-state index in [0.29, 0.717) is 0 Å². The van der Waals surface area contributed by atoms with Crippen LogP contribution in [0.4, 0.5) is 5.69 Å². The van der Waals surface area contributed by atoms with E-state index in [9.17, 15) is 19.7 Å². The van der Waals surface area contributed by atoms with Gasteiger partial charge in [0.2, 0.25) is 0 Å². The summed E-state index contributed by atoms with van der Waals surface area (Å²) >= 11 is 0. The van der Waals surface area contributed by atoms with Crippen molar-refractivity contribution in [3.05, 3.63) is 27.8 Å². The Hall–Kier alpha value is -2.84. The summed E-state index contributed by atoms with van der Waals surface area (Å²) in [6, 6.07) is 2.15. The van der Waals surface area contributed by atoms with Gasteiger partial charge in [0.25, 0.3) is 5.69 Å². The molecule has 9 nitrogen and oxygen atoms in total. The Balaban J connectivity index is 3.24. The van der Waals surface area contributed by atoms with Gasteiger partial charge >= 0.3 is 11.9 Å². The van der Waals surface area contributed by atoms with Gasteiger partial charge < -0.3 is 18.9 Å². The number of nitrogens with zero attached hydrogens (tertiary/aromatic N) is 1. The molecule has 0 aliphatic rings. The molecular formula is C13H15NO8. The van der Waals surface area contributed by atoms with Gasteiger partial charge in [0, 0.05) is 6.07 Å². The van der Waals surface area contributed by atoms with Crippen molar-refractivity contribution in [2.45, 2.75) is 13.0 Å². The van der Waals surface area contributed by atoms with Crippen molar-refractivity contribution in [3.63, 3.8) is 0 Å². The molecule has 0 aliphatic heterocycles. The summed E-state index contributed by atoms with van der Waals surface area (Å²) in [5, 5.41) is 11.1. The summed E-state index contributed by atoms with van der Waals surface area (Å²) in [6.07, 6.45) is -1.20. The molecule has 9 heteroatoms. The Morgan fingerprint density at radius 2 is 1.68 bits per heavy atom. The molecule has 1 rings (SSSR count). The molecule has 0 amide bonds. The second kappa shape index (κ2) is 7.25. The van der Waals surface area contributed by atoms with Gasteiger partial charge in [0.05, 0.1) is 32.3 Å². The summed E-state index contributed by atoms with van der Waals surface area (Å²) in [5.74, 6) is -1.63. The van der Waals surface area contributed by atoms with Gasteiger partial charge in [-0.2, -0.15) is 0 Å². The van der Waals surface area contributed by atoms with E-state index in [1.54, 1.807) is 0 Å². The lowest BCUT2D eigenvalue weighted by atomic mass is 10.1. The second-order valence-corrected chi connectivity index (χ2v) is 4.05. The maximum atomic E-state index is 12.0. The Morgan fingerprint density at radius 3 is 2.14 bits per heavy atom. The van der Waals surface area contributed by atoms with Crippen LogP contribution in [0.5, 0.6) is 11.5 Å². The molecule has 0 radical (unpaired) electrons. The summed E-state index contributed by atoms with van der Waals surface area (Å²) in [4.78, 5) is 33.6. The van der Waals surface area contributed by atoms with E-state index in [1.165, 1.54) is 21.1 Å². The third kappa shape index (κ3) is 3.62. The van der Waals surface area contributed by atoms with Crippen molar-refractivity contribution in [1.82, 2.24) is 0 Å². The number of rotatable bonds is 6. The number of hydrogen-bond acceptors (Lipinski definition) is 8. The van der Waals surface area contributed by atoms with Crippen LogP contribution in [0.1, 0.15) is 17.3 Å². The highest BCUT2D eigenvalue weighted by Gasteiger charge is 2.28. The van der Waals surface area contributed by atoms with Gasteiger partial charge in [0.1, 0.15) is 5.56 Å². The Kier molecular flexibility index (Phi) is 5.67. The summed E-state index contributed by atoms with van der Waals surface area (Å²) in [6.45, 7) is 1.29. The molecule has 1 aromatic rings. The van der Waals surface area contributed by atoms with Gasteiger partial charge in [0.15, 0.2) is 17.6 Å². The molecule has 0 heterocycles. The average Bonchev–Trinajstić information content (AvgIpc) is 2.52. The first-order chi connectivity index (χ1) is 10.3. The van der Waals surface area contributed by atoms with Crippen molar-refractivity contribution >= 4 is 17.6 Å². The van der Waals surface area contributed by atoms with Crippen LogP contribution in [0.25, 0.3) is 0 Å². The van der Waals surface area contributed by atoms with Crippen LogP contribution in [0.15, 0.2) is 12.1 Å². The third-order valence-electron chi connectivity index (χ3n) is 2.74. The first kappa shape index (κ1) is 17.2. The number of carbonyl (C=O) groups is 2. The zero-order valence-corrected chi connectivity index (χ0v) is 12.4. The van der Waals surface area contributed by atoms with E-state index in [2.05, 4.69) is 4.74 Å². The predicted octanol–water partition coefficient (Wildman–Crippen LogP) is 1.33. The van der Waals surface area contributed by atoms with Gasteiger partial charge in [-0.1, -0.05) is 0 Å². The highest BCUT2D eigenvalue weighted by atomic mass is 16.6. The lowest BCUT2D eigenvalue weighted by Gasteiger charge is -2.13. The predicted molar refractivity (Wildman–Crippen MR) is 73.1 cm³/mol. The minimum atomic E-state index is -1.20. The molecule has 0 spiro atoms. The normalized spacial score (nSPS) is 11.3. The molecule has 0 bridgehead atoms. The Labute approximate surface area is 125 Å². The topological polar surface area (TPSA) is 114 Å². The van der Waals surface area contributed by atoms with E-state index in [4.69, 9.17) is 14.2 Å². The number of ether oxygens (including phenoxy) is 4. The molecule has 0 saturated carbocycles. The average molecular weight is 313 g/mol. The van der Waals surface area contributed by atoms with E-state index >= 15 is 0 Å². The fraction of sp³-hybridized carbons (Fsp3) is 0.385. The largest absolute Gasteiger partial charge is 0.493 e. The standard InChI is InChI=1S/C13H15NO8/c1-7(12(15)21-4)22-13(16)8-5-10(19-2)11(20-3)6-9(8)14(17)18/h5-7H,1-4H3/t7-/m0/s1. The van der Waals surface area contributed by atoms with Crippen LogP contribution in [0.2, 0.25) is 0 Å². The van der Waals surface area contributed by atoms with Crippen LogP contribution in [-0.4, -0.2) is 44.3 Å². The molecule has 22 heavy (non-hydrogen) atoms. The van der Waals surface area contributed by atoms with Crippen LogP contribution < -0.4 is 9.47 Å². The van der Waals surface area contributed by atoms with Crippen molar-refractivity contribution in [3.8, 4) is 11.5 Å². The van der Waals surface area contributed by atoms with Crippen LogP contribution >= 0.6 is 0 Å². The van der Waals surface area contributed by atoms with Crippen molar-refractivity contribution in [2.24, 2.45) is 0 Å². The van der Waals surface area contributed by atoms with Crippen molar-refractivity contribution < 1.29 is 33.5 Å². The first-order valence-corrected chi connectivity index (χ1v) is 6.04. The highest BCUT2D eigenvalue weighted by Crippen LogP contribution is 2.34. The molecule has 0 N–H and O–H groups in total. The minimum absolute atomic E-state index is 0.0896. The van der Waals surface area contributed by atoms with E-state index in [0.717, 1.165) is 19.2 Å². The van der Waals surface area contributed by atoms with Crippen LogP contribution in [0, 0.1) is 10.1 Å². The molecule has 0 aromatic heterocycles. The van der Waals surface area contributed by atoms with E-state index in [-0.39, 0.29) is 17.1 Å². The monoisotopic (exact) mass is 313 g/mol. The van der Waals surface area contributed by atoms with Crippen molar-refractivity contribution in [2.75, 3.05) is 21.3 Å². The van der Waals surface area contributed by atoms with E-state index in [1.807, 2.05) is 0 Å². The Morgan fingerprint density at radius 1 is 1.14 bits per heavy atom. The summed E-state index contributed by atoms with van der Waals surface area (Å²) in [7, 11) is 3.75. The molecule has 0 fully saturated rings. The van der Waals surface area contributed by atoms with Gasteiger partial charge in [-0.05, 0) is 6.92 Å². The first-order valence-electron chi connectivity index (χ1n) is 6.04. The van der Waals surface area contributed by atoms with Gasteiger partial charge in [-0.15, -0.1) is 0 Å². The molecule has 1 aromatic carbocycles.